The normalized spacial score (nSPS) is 13.2. The first-order valence-electron chi connectivity index (χ1n) is 28.3. The molecular formula is C55H109N5O4. The van der Waals surface area contributed by atoms with Gasteiger partial charge in [-0.25, -0.2) is 0 Å². The zero-order valence-corrected chi connectivity index (χ0v) is 43.4. The fraction of sp³-hybridized carbons (Fsp3) is 0.945. The van der Waals surface area contributed by atoms with E-state index in [1.807, 2.05) is 9.80 Å². The minimum absolute atomic E-state index is 0.0824. The van der Waals surface area contributed by atoms with Gasteiger partial charge in [0.2, 0.25) is 11.8 Å². The summed E-state index contributed by atoms with van der Waals surface area (Å²) in [4.78, 5) is 48.5. The lowest BCUT2D eigenvalue weighted by Gasteiger charge is -2.37. The number of nitrogens with one attached hydrogen (secondary N) is 1. The van der Waals surface area contributed by atoms with Crippen LogP contribution in [0.5, 0.6) is 0 Å². The summed E-state index contributed by atoms with van der Waals surface area (Å²) >= 11 is 0. The van der Waals surface area contributed by atoms with Gasteiger partial charge in [-0.15, -0.1) is 0 Å². The van der Waals surface area contributed by atoms with Crippen molar-refractivity contribution in [3.63, 3.8) is 0 Å². The van der Waals surface area contributed by atoms with E-state index in [0.717, 1.165) is 71.4 Å². The Hall–Kier alpha value is -1.71. The number of carbonyl (C=O) groups excluding carboxylic acids is 3. The summed E-state index contributed by atoms with van der Waals surface area (Å²) < 4.78 is 5.63. The molecule has 64 heavy (non-hydrogen) atoms. The predicted octanol–water partition coefficient (Wildman–Crippen LogP) is 13.1. The van der Waals surface area contributed by atoms with Gasteiger partial charge >= 0.3 is 5.97 Å². The van der Waals surface area contributed by atoms with Crippen LogP contribution in [-0.2, 0) is 19.1 Å². The van der Waals surface area contributed by atoms with E-state index in [1.165, 1.54) is 186 Å². The standard InChI is InChI=1S/C55H109N5O4/c1-5-9-13-17-21-22-23-24-25-29-33-36-42-57(44-38-50-64-55(63)39-34-30-26-18-14-10-6-2)51-53(61)59-46-48-60(49-47-59)54(62)52-58(43-37-32-28-20-16-12-8-4)45-41-56-40-35-31-27-19-15-11-7-3/h56H,5-52H2,1-4H3. The summed E-state index contributed by atoms with van der Waals surface area (Å²) in [5.74, 6) is 0.285. The zero-order chi connectivity index (χ0) is 46.4. The molecule has 0 aliphatic carbocycles. The number of carbonyl (C=O) groups is 3. The highest BCUT2D eigenvalue weighted by atomic mass is 16.5. The second-order valence-electron chi connectivity index (χ2n) is 19.6. The molecule has 378 valence electrons. The zero-order valence-electron chi connectivity index (χ0n) is 43.4. The largest absolute Gasteiger partial charge is 0.466 e. The molecule has 1 rings (SSSR count). The Kier molecular flexibility index (Phi) is 43.7. The molecule has 0 saturated carbocycles. The van der Waals surface area contributed by atoms with Gasteiger partial charge in [-0.2, -0.15) is 0 Å². The van der Waals surface area contributed by atoms with Crippen LogP contribution in [0.4, 0.5) is 0 Å². The average molecular weight is 905 g/mol. The molecule has 1 aliphatic rings. The maximum atomic E-state index is 13.7. The summed E-state index contributed by atoms with van der Waals surface area (Å²) in [6, 6.07) is 0. The van der Waals surface area contributed by atoms with Crippen LogP contribution in [0.25, 0.3) is 0 Å². The van der Waals surface area contributed by atoms with E-state index in [2.05, 4.69) is 42.8 Å². The number of amides is 2. The van der Waals surface area contributed by atoms with Gasteiger partial charge < -0.3 is 19.9 Å². The number of rotatable bonds is 48. The summed E-state index contributed by atoms with van der Waals surface area (Å²) in [6.45, 7) is 18.3. The van der Waals surface area contributed by atoms with Crippen molar-refractivity contribution in [2.75, 3.05) is 85.1 Å². The van der Waals surface area contributed by atoms with Gasteiger partial charge in [0.05, 0.1) is 19.7 Å². The Labute approximate surface area is 398 Å². The predicted molar refractivity (Wildman–Crippen MR) is 274 cm³/mol. The minimum atomic E-state index is -0.0824. The molecule has 9 heteroatoms. The molecule has 0 bridgehead atoms. The maximum absolute atomic E-state index is 13.7. The molecule has 0 spiro atoms. The van der Waals surface area contributed by atoms with Gasteiger partial charge in [0, 0.05) is 52.2 Å². The Bertz CT molecular complexity index is 1040. The number of unbranched alkanes of at least 4 members (excludes halogenated alkanes) is 29. The second-order valence-corrected chi connectivity index (χ2v) is 19.6. The van der Waals surface area contributed by atoms with Crippen LogP contribution in [0, 0.1) is 0 Å². The van der Waals surface area contributed by atoms with Crippen molar-refractivity contribution >= 4 is 17.8 Å². The molecule has 9 nitrogen and oxygen atoms in total. The monoisotopic (exact) mass is 904 g/mol. The van der Waals surface area contributed by atoms with Crippen LogP contribution < -0.4 is 5.32 Å². The van der Waals surface area contributed by atoms with Gasteiger partial charge in [-0.1, -0.05) is 214 Å². The summed E-state index contributed by atoms with van der Waals surface area (Å²) in [7, 11) is 0. The first kappa shape index (κ1) is 60.3. The van der Waals surface area contributed by atoms with Crippen LogP contribution in [0.3, 0.4) is 0 Å². The molecule has 0 radical (unpaired) electrons. The SMILES string of the molecule is CCCCCCCCCCCCCCN(CCCOC(=O)CCCCCCCCC)CC(=O)N1CCN(C(=O)CN(CCCCCCCCC)CCNCCCCCCCCC)CC1. The molecular weight excluding hydrogens is 795 g/mol. The van der Waals surface area contributed by atoms with E-state index < -0.39 is 0 Å². The number of ether oxygens (including phenoxy) is 1. The van der Waals surface area contributed by atoms with E-state index >= 15 is 0 Å². The molecule has 2 amide bonds. The molecule has 1 heterocycles. The molecule has 0 aromatic heterocycles. The molecule has 0 atom stereocenters. The molecule has 0 aromatic rings. The lowest BCUT2D eigenvalue weighted by Crippen LogP contribution is -2.54. The van der Waals surface area contributed by atoms with Crippen LogP contribution in [0.1, 0.15) is 252 Å². The fourth-order valence-electron chi connectivity index (χ4n) is 9.14. The van der Waals surface area contributed by atoms with Crippen molar-refractivity contribution in [1.29, 1.82) is 0 Å². The van der Waals surface area contributed by atoms with Crippen molar-refractivity contribution in [1.82, 2.24) is 24.9 Å². The Morgan fingerprint density at radius 2 is 0.719 bits per heavy atom. The first-order chi connectivity index (χ1) is 31.4. The lowest BCUT2D eigenvalue weighted by molar-refractivity contribution is -0.144. The molecule has 0 unspecified atom stereocenters. The van der Waals surface area contributed by atoms with Crippen molar-refractivity contribution < 1.29 is 19.1 Å². The van der Waals surface area contributed by atoms with Gasteiger partial charge in [0.15, 0.2) is 0 Å². The number of piperazine rings is 1. The van der Waals surface area contributed by atoms with Crippen molar-refractivity contribution in [3.05, 3.63) is 0 Å². The summed E-state index contributed by atoms with van der Waals surface area (Å²) in [6.07, 6.45) is 43.6. The van der Waals surface area contributed by atoms with Gasteiger partial charge in [0.1, 0.15) is 0 Å². The highest BCUT2D eigenvalue weighted by Crippen LogP contribution is 2.14. The third-order valence-corrected chi connectivity index (χ3v) is 13.5. The van der Waals surface area contributed by atoms with Gasteiger partial charge in [-0.3, -0.25) is 24.2 Å². The van der Waals surface area contributed by atoms with Crippen molar-refractivity contribution in [3.8, 4) is 0 Å². The molecule has 1 aliphatic heterocycles. The third kappa shape index (κ3) is 37.4. The number of hydrogen-bond donors (Lipinski definition) is 1. The lowest BCUT2D eigenvalue weighted by atomic mass is 10.1. The van der Waals surface area contributed by atoms with Crippen molar-refractivity contribution in [2.45, 2.75) is 252 Å². The Balaban J connectivity index is 2.58. The molecule has 0 aromatic carbocycles. The highest BCUT2D eigenvalue weighted by Gasteiger charge is 2.26. The van der Waals surface area contributed by atoms with E-state index in [-0.39, 0.29) is 17.8 Å². The third-order valence-electron chi connectivity index (χ3n) is 13.5. The quantitative estimate of drug-likeness (QED) is 0.0481. The number of nitrogens with zero attached hydrogens (tertiary/aromatic N) is 4. The smallest absolute Gasteiger partial charge is 0.305 e. The highest BCUT2D eigenvalue weighted by molar-refractivity contribution is 5.80. The molecule has 1 N–H and O–H groups in total. The van der Waals surface area contributed by atoms with Crippen molar-refractivity contribution in [2.24, 2.45) is 0 Å². The van der Waals surface area contributed by atoms with Gasteiger partial charge in [0.25, 0.3) is 0 Å². The van der Waals surface area contributed by atoms with Crippen LogP contribution in [-0.4, -0.2) is 123 Å². The van der Waals surface area contributed by atoms with Gasteiger partial charge in [-0.05, 0) is 51.7 Å². The Morgan fingerprint density at radius 3 is 1.12 bits per heavy atom. The summed E-state index contributed by atoms with van der Waals surface area (Å²) in [5, 5.41) is 3.66. The minimum Gasteiger partial charge on any atom is -0.466 e. The maximum Gasteiger partial charge on any atom is 0.305 e. The molecule has 1 fully saturated rings. The number of hydrogen-bond acceptors (Lipinski definition) is 7. The fourth-order valence-corrected chi connectivity index (χ4v) is 9.14. The van der Waals surface area contributed by atoms with E-state index in [9.17, 15) is 14.4 Å². The topological polar surface area (TPSA) is 85.4 Å². The van der Waals surface area contributed by atoms with Crippen LogP contribution in [0.15, 0.2) is 0 Å². The second kappa shape index (κ2) is 46.4. The average Bonchev–Trinajstić information content (AvgIpc) is 3.30. The number of esters is 1. The van der Waals surface area contributed by atoms with Crippen LogP contribution >= 0.6 is 0 Å². The van der Waals surface area contributed by atoms with Crippen LogP contribution in [0.2, 0.25) is 0 Å². The summed E-state index contributed by atoms with van der Waals surface area (Å²) in [5.41, 5.74) is 0. The van der Waals surface area contributed by atoms with E-state index in [0.29, 0.717) is 52.3 Å². The van der Waals surface area contributed by atoms with E-state index in [1.54, 1.807) is 0 Å². The Morgan fingerprint density at radius 1 is 0.391 bits per heavy atom. The molecule has 1 saturated heterocycles. The van der Waals surface area contributed by atoms with E-state index in [4.69, 9.17) is 4.74 Å². The first-order valence-corrected chi connectivity index (χ1v) is 28.3.